The van der Waals surface area contributed by atoms with Crippen LogP contribution in [-0.2, 0) is 9.84 Å². The minimum absolute atomic E-state index is 0.354. The molecule has 0 saturated carbocycles. The van der Waals surface area contributed by atoms with Gasteiger partial charge in [-0.3, -0.25) is 0 Å². The van der Waals surface area contributed by atoms with E-state index in [-0.39, 0.29) is 0 Å². The first kappa shape index (κ1) is 14.2. The highest BCUT2D eigenvalue weighted by Gasteiger charge is 2.22. The normalized spacial score (nSPS) is 13.7. The molecule has 19 heavy (non-hydrogen) atoms. The molecule has 0 fully saturated rings. The molecule has 2 aromatic heterocycles. The van der Waals surface area contributed by atoms with E-state index in [0.29, 0.717) is 11.6 Å². The molecule has 0 bridgehead atoms. The molecular formula is C12H17N3O2S2. The Bertz CT molecular complexity index is 707. The standard InChI is InChI=1S/C12H17N3O2S2/c1-5-13-11-9-6-7(2)18-12(9)15-10(14-11)8(3)19(4,16)17/h6,8H,5H2,1-4H3,(H,13,14,15). The summed E-state index contributed by atoms with van der Waals surface area (Å²) in [6.45, 7) is 6.33. The van der Waals surface area contributed by atoms with Gasteiger partial charge in [0.25, 0.3) is 0 Å². The zero-order valence-corrected chi connectivity index (χ0v) is 13.0. The molecule has 0 radical (unpaired) electrons. The monoisotopic (exact) mass is 299 g/mol. The zero-order valence-electron chi connectivity index (χ0n) is 11.4. The highest BCUT2D eigenvalue weighted by molar-refractivity contribution is 7.90. The summed E-state index contributed by atoms with van der Waals surface area (Å²) in [7, 11) is -3.20. The van der Waals surface area contributed by atoms with Crippen molar-refractivity contribution >= 4 is 37.2 Å². The molecular weight excluding hydrogens is 282 g/mol. The van der Waals surface area contributed by atoms with Crippen LogP contribution in [0.15, 0.2) is 6.07 Å². The van der Waals surface area contributed by atoms with E-state index in [1.807, 2.05) is 19.9 Å². The van der Waals surface area contributed by atoms with Gasteiger partial charge in [0.15, 0.2) is 9.84 Å². The summed E-state index contributed by atoms with van der Waals surface area (Å²) in [6.07, 6.45) is 1.21. The highest BCUT2D eigenvalue weighted by atomic mass is 32.2. The number of nitrogens with zero attached hydrogens (tertiary/aromatic N) is 2. The molecule has 0 aliphatic carbocycles. The van der Waals surface area contributed by atoms with E-state index < -0.39 is 15.1 Å². The van der Waals surface area contributed by atoms with Gasteiger partial charge < -0.3 is 5.32 Å². The number of anilines is 1. The fourth-order valence-corrected chi connectivity index (χ4v) is 3.11. The molecule has 0 aliphatic rings. The fourth-order valence-electron chi connectivity index (χ4n) is 1.73. The maximum Gasteiger partial charge on any atom is 0.157 e. The molecule has 0 saturated heterocycles. The first-order chi connectivity index (χ1) is 8.82. The number of hydrogen-bond donors (Lipinski definition) is 1. The molecule has 1 N–H and O–H groups in total. The summed E-state index contributed by atoms with van der Waals surface area (Å²) in [6, 6.07) is 2.02. The van der Waals surface area contributed by atoms with Gasteiger partial charge in [0, 0.05) is 17.7 Å². The number of sulfone groups is 1. The van der Waals surface area contributed by atoms with Gasteiger partial charge in [-0.05, 0) is 26.8 Å². The van der Waals surface area contributed by atoms with Gasteiger partial charge in [0.2, 0.25) is 0 Å². The third-order valence-corrected chi connectivity index (χ3v) is 5.32. The fraction of sp³-hybridized carbons (Fsp3) is 0.500. The van der Waals surface area contributed by atoms with E-state index in [2.05, 4.69) is 15.3 Å². The Hall–Kier alpha value is -1.21. The van der Waals surface area contributed by atoms with Crippen LogP contribution in [0.3, 0.4) is 0 Å². The van der Waals surface area contributed by atoms with Crippen LogP contribution in [0.1, 0.15) is 29.8 Å². The van der Waals surface area contributed by atoms with E-state index in [9.17, 15) is 8.42 Å². The topological polar surface area (TPSA) is 72.0 Å². The van der Waals surface area contributed by atoms with Crippen molar-refractivity contribution in [3.05, 3.63) is 16.8 Å². The third kappa shape index (κ3) is 2.87. The zero-order chi connectivity index (χ0) is 14.2. The molecule has 5 nitrogen and oxygen atoms in total. The van der Waals surface area contributed by atoms with Crippen molar-refractivity contribution in [1.82, 2.24) is 9.97 Å². The number of nitrogens with one attached hydrogen (secondary N) is 1. The van der Waals surface area contributed by atoms with Crippen LogP contribution in [0.2, 0.25) is 0 Å². The molecule has 1 unspecified atom stereocenters. The molecule has 2 rings (SSSR count). The van der Waals surface area contributed by atoms with Crippen molar-refractivity contribution in [2.24, 2.45) is 0 Å². The first-order valence-electron chi connectivity index (χ1n) is 6.03. The van der Waals surface area contributed by atoms with Crippen LogP contribution in [-0.4, -0.2) is 31.2 Å². The molecule has 0 aliphatic heterocycles. The second kappa shape index (κ2) is 5.05. The minimum Gasteiger partial charge on any atom is -0.370 e. The van der Waals surface area contributed by atoms with Crippen molar-refractivity contribution < 1.29 is 8.42 Å². The Morgan fingerprint density at radius 3 is 2.68 bits per heavy atom. The van der Waals surface area contributed by atoms with Crippen LogP contribution in [0.5, 0.6) is 0 Å². The van der Waals surface area contributed by atoms with Crippen LogP contribution in [0.4, 0.5) is 5.82 Å². The van der Waals surface area contributed by atoms with Gasteiger partial charge in [-0.1, -0.05) is 0 Å². The lowest BCUT2D eigenvalue weighted by Gasteiger charge is -2.11. The third-order valence-electron chi connectivity index (χ3n) is 2.88. The smallest absolute Gasteiger partial charge is 0.157 e. The molecule has 1 atom stereocenters. The second-order valence-corrected chi connectivity index (χ2v) is 8.11. The van der Waals surface area contributed by atoms with Gasteiger partial charge in [0.1, 0.15) is 21.7 Å². The Balaban J connectivity index is 2.64. The Labute approximate surface area is 117 Å². The number of hydrogen-bond acceptors (Lipinski definition) is 6. The number of aryl methyl sites for hydroxylation is 1. The predicted octanol–water partition coefficient (Wildman–Crippen LogP) is 2.54. The summed E-state index contributed by atoms with van der Waals surface area (Å²) in [5, 5.41) is 3.43. The number of fused-ring (bicyclic) bond motifs is 1. The average molecular weight is 299 g/mol. The van der Waals surface area contributed by atoms with Crippen LogP contribution in [0, 0.1) is 6.92 Å². The lowest BCUT2D eigenvalue weighted by atomic mass is 10.3. The SMILES string of the molecule is CCNc1nc(C(C)S(C)(=O)=O)nc2sc(C)cc12. The maximum absolute atomic E-state index is 11.6. The van der Waals surface area contributed by atoms with Crippen molar-refractivity contribution in [2.45, 2.75) is 26.0 Å². The van der Waals surface area contributed by atoms with E-state index in [1.54, 1.807) is 18.3 Å². The minimum atomic E-state index is -3.20. The predicted molar refractivity (Wildman–Crippen MR) is 79.6 cm³/mol. The summed E-state index contributed by atoms with van der Waals surface area (Å²) in [4.78, 5) is 10.7. The van der Waals surface area contributed by atoms with Crippen LogP contribution < -0.4 is 5.32 Å². The van der Waals surface area contributed by atoms with Gasteiger partial charge >= 0.3 is 0 Å². The number of thiophene rings is 1. The molecule has 0 spiro atoms. The van der Waals surface area contributed by atoms with Gasteiger partial charge in [-0.25, -0.2) is 18.4 Å². The molecule has 0 aromatic carbocycles. The van der Waals surface area contributed by atoms with Crippen molar-refractivity contribution in [2.75, 3.05) is 18.1 Å². The summed E-state index contributed by atoms with van der Waals surface area (Å²) in [5.74, 6) is 1.06. The number of aromatic nitrogens is 2. The summed E-state index contributed by atoms with van der Waals surface area (Å²) < 4.78 is 23.3. The number of rotatable bonds is 4. The quantitative estimate of drug-likeness (QED) is 0.939. The van der Waals surface area contributed by atoms with E-state index in [4.69, 9.17) is 0 Å². The second-order valence-electron chi connectivity index (χ2n) is 4.51. The van der Waals surface area contributed by atoms with Crippen LogP contribution in [0.25, 0.3) is 10.2 Å². The Morgan fingerprint density at radius 1 is 1.42 bits per heavy atom. The largest absolute Gasteiger partial charge is 0.370 e. The highest BCUT2D eigenvalue weighted by Crippen LogP contribution is 2.30. The van der Waals surface area contributed by atoms with Crippen molar-refractivity contribution in [1.29, 1.82) is 0 Å². The molecule has 2 heterocycles. The average Bonchev–Trinajstić information content (AvgIpc) is 2.67. The van der Waals surface area contributed by atoms with Crippen molar-refractivity contribution in [3.8, 4) is 0 Å². The first-order valence-corrected chi connectivity index (χ1v) is 8.81. The molecule has 0 amide bonds. The summed E-state index contributed by atoms with van der Waals surface area (Å²) >= 11 is 1.55. The lowest BCUT2D eigenvalue weighted by Crippen LogP contribution is -2.13. The lowest BCUT2D eigenvalue weighted by molar-refractivity contribution is 0.589. The van der Waals surface area contributed by atoms with E-state index in [1.165, 1.54) is 6.26 Å². The summed E-state index contributed by atoms with van der Waals surface area (Å²) in [5.41, 5.74) is 0. The van der Waals surface area contributed by atoms with Gasteiger partial charge in [-0.2, -0.15) is 0 Å². The Kier molecular flexibility index (Phi) is 3.78. The van der Waals surface area contributed by atoms with Gasteiger partial charge in [0.05, 0.1) is 5.39 Å². The maximum atomic E-state index is 11.6. The molecule has 104 valence electrons. The molecule has 2 aromatic rings. The van der Waals surface area contributed by atoms with E-state index in [0.717, 1.165) is 21.6 Å². The molecule has 7 heteroatoms. The Morgan fingerprint density at radius 2 is 2.11 bits per heavy atom. The van der Waals surface area contributed by atoms with E-state index >= 15 is 0 Å². The van der Waals surface area contributed by atoms with Crippen molar-refractivity contribution in [3.63, 3.8) is 0 Å². The van der Waals surface area contributed by atoms with Gasteiger partial charge in [-0.15, -0.1) is 11.3 Å². The van der Waals surface area contributed by atoms with Crippen LogP contribution >= 0.6 is 11.3 Å².